The van der Waals surface area contributed by atoms with Crippen molar-refractivity contribution in [3.05, 3.63) is 59.8 Å². The predicted octanol–water partition coefficient (Wildman–Crippen LogP) is 2.36. The molecule has 7 heteroatoms. The molecule has 0 saturated heterocycles. The van der Waals surface area contributed by atoms with E-state index in [1.807, 2.05) is 58.6 Å². The van der Waals surface area contributed by atoms with Gasteiger partial charge in [-0.2, -0.15) is 0 Å². The number of benzene rings is 2. The lowest BCUT2D eigenvalue weighted by Gasteiger charge is -2.08. The molecule has 0 radical (unpaired) electrons. The first-order valence-corrected chi connectivity index (χ1v) is 9.49. The molecular weight excluding hydrogens is 352 g/mol. The third-order valence-electron chi connectivity index (χ3n) is 5.12. The van der Waals surface area contributed by atoms with Crippen LogP contribution in [0.3, 0.4) is 0 Å². The van der Waals surface area contributed by atoms with Gasteiger partial charge in [-0.1, -0.05) is 35.5 Å². The van der Waals surface area contributed by atoms with Crippen molar-refractivity contribution >= 4 is 27.8 Å². The predicted molar refractivity (Wildman–Crippen MR) is 110 cm³/mol. The number of primary amides is 1. The average Bonchev–Trinajstić information content (AvgIpc) is 3.22. The highest BCUT2D eigenvalue weighted by Crippen LogP contribution is 2.25. The van der Waals surface area contributed by atoms with Crippen molar-refractivity contribution in [2.75, 3.05) is 6.54 Å². The van der Waals surface area contributed by atoms with Crippen LogP contribution in [0.4, 0.5) is 0 Å². The lowest BCUT2D eigenvalue weighted by molar-refractivity contribution is -0.118. The van der Waals surface area contributed by atoms with E-state index in [2.05, 4.69) is 21.7 Å². The molecule has 0 aliphatic heterocycles. The van der Waals surface area contributed by atoms with Gasteiger partial charge in [-0.25, -0.2) is 4.68 Å². The molecule has 7 nitrogen and oxygen atoms in total. The van der Waals surface area contributed by atoms with Crippen LogP contribution >= 0.6 is 0 Å². The molecule has 0 aliphatic rings. The summed E-state index contributed by atoms with van der Waals surface area (Å²) < 4.78 is 3.94. The van der Waals surface area contributed by atoms with Gasteiger partial charge in [0, 0.05) is 29.7 Å². The quantitative estimate of drug-likeness (QED) is 0.462. The van der Waals surface area contributed by atoms with Gasteiger partial charge in [0.25, 0.3) is 0 Å². The van der Waals surface area contributed by atoms with Crippen LogP contribution in [0.2, 0.25) is 0 Å². The van der Waals surface area contributed by atoms with Crippen molar-refractivity contribution in [1.82, 2.24) is 24.9 Å². The van der Waals surface area contributed by atoms with E-state index in [4.69, 9.17) is 5.73 Å². The van der Waals surface area contributed by atoms with Gasteiger partial charge in [-0.05, 0) is 43.7 Å². The Morgan fingerprint density at radius 1 is 1.11 bits per heavy atom. The van der Waals surface area contributed by atoms with Gasteiger partial charge in [-0.3, -0.25) is 4.79 Å². The zero-order valence-electron chi connectivity index (χ0n) is 15.9. The minimum Gasteiger partial charge on any atom is -0.368 e. The Labute approximate surface area is 163 Å². The molecule has 4 rings (SSSR count). The Bertz CT molecular complexity index is 1130. The molecule has 1 amide bonds. The largest absolute Gasteiger partial charge is 0.368 e. The minimum atomic E-state index is -0.330. The van der Waals surface area contributed by atoms with E-state index in [9.17, 15) is 4.79 Å². The van der Waals surface area contributed by atoms with Crippen LogP contribution < -0.4 is 11.1 Å². The van der Waals surface area contributed by atoms with Crippen LogP contribution in [0.25, 0.3) is 21.9 Å². The number of aryl methyl sites for hydroxylation is 1. The van der Waals surface area contributed by atoms with E-state index in [0.717, 1.165) is 53.7 Å². The first kappa shape index (κ1) is 18.2. The van der Waals surface area contributed by atoms with Crippen LogP contribution in [0, 0.1) is 6.92 Å². The number of para-hydroxylation sites is 2. The maximum atomic E-state index is 11.5. The second-order valence-electron chi connectivity index (χ2n) is 6.97. The standard InChI is InChI=1S/C21H24N6O/c1-15-17(16-7-2-4-9-19(16)26(15)14-21(22)28)13-23-11-6-12-27-20-10-5-3-8-18(20)24-25-27/h2-5,7-10,23H,6,11-14H2,1H3,(H2,22,28). The highest BCUT2D eigenvalue weighted by Gasteiger charge is 2.14. The van der Waals surface area contributed by atoms with Crippen molar-refractivity contribution in [1.29, 1.82) is 0 Å². The lowest BCUT2D eigenvalue weighted by atomic mass is 10.1. The van der Waals surface area contributed by atoms with Gasteiger partial charge < -0.3 is 15.6 Å². The second kappa shape index (κ2) is 7.82. The number of rotatable bonds is 8. The number of nitrogens with two attached hydrogens (primary N) is 1. The SMILES string of the molecule is Cc1c(CNCCCn2nnc3ccccc32)c2ccccc2n1CC(N)=O. The fourth-order valence-corrected chi connectivity index (χ4v) is 3.74. The number of fused-ring (bicyclic) bond motifs is 2. The van der Waals surface area contributed by atoms with E-state index in [1.165, 1.54) is 5.56 Å². The number of aromatic nitrogens is 4. The monoisotopic (exact) mass is 376 g/mol. The van der Waals surface area contributed by atoms with Gasteiger partial charge >= 0.3 is 0 Å². The van der Waals surface area contributed by atoms with Crippen molar-refractivity contribution in [2.45, 2.75) is 33.0 Å². The topological polar surface area (TPSA) is 90.8 Å². The van der Waals surface area contributed by atoms with Gasteiger partial charge in [0.15, 0.2) is 0 Å². The molecule has 0 atom stereocenters. The lowest BCUT2D eigenvalue weighted by Crippen LogP contribution is -2.20. The molecule has 28 heavy (non-hydrogen) atoms. The smallest absolute Gasteiger partial charge is 0.237 e. The van der Waals surface area contributed by atoms with Gasteiger partial charge in [0.05, 0.1) is 5.52 Å². The zero-order valence-corrected chi connectivity index (χ0v) is 15.9. The van der Waals surface area contributed by atoms with Crippen molar-refractivity contribution < 1.29 is 4.79 Å². The summed E-state index contributed by atoms with van der Waals surface area (Å²) in [5.41, 5.74) is 10.8. The molecule has 2 aromatic carbocycles. The number of hydrogen-bond donors (Lipinski definition) is 2. The molecule has 0 spiro atoms. The Balaban J connectivity index is 1.40. The highest BCUT2D eigenvalue weighted by molar-refractivity contribution is 5.87. The van der Waals surface area contributed by atoms with Gasteiger partial charge in [-0.15, -0.1) is 5.10 Å². The number of nitrogens with zero attached hydrogens (tertiary/aromatic N) is 4. The number of carbonyl (C=O) groups excluding carboxylic acids is 1. The average molecular weight is 376 g/mol. The molecule has 2 aromatic heterocycles. The van der Waals surface area contributed by atoms with Gasteiger partial charge in [0.2, 0.25) is 5.91 Å². The summed E-state index contributed by atoms with van der Waals surface area (Å²) >= 11 is 0. The third kappa shape index (κ3) is 3.48. The van der Waals surface area contributed by atoms with E-state index in [1.54, 1.807) is 0 Å². The third-order valence-corrected chi connectivity index (χ3v) is 5.12. The molecule has 0 fully saturated rings. The summed E-state index contributed by atoms with van der Waals surface area (Å²) in [6.45, 7) is 4.67. The maximum Gasteiger partial charge on any atom is 0.237 e. The number of carbonyl (C=O) groups is 1. The Morgan fingerprint density at radius 2 is 1.86 bits per heavy atom. The summed E-state index contributed by atoms with van der Waals surface area (Å²) in [7, 11) is 0. The van der Waals surface area contributed by atoms with Crippen LogP contribution in [0.1, 0.15) is 17.7 Å². The molecule has 0 unspecified atom stereocenters. The molecule has 144 valence electrons. The van der Waals surface area contributed by atoms with Crippen LogP contribution in [-0.4, -0.2) is 32.0 Å². The van der Waals surface area contributed by atoms with E-state index >= 15 is 0 Å². The molecule has 0 saturated carbocycles. The van der Waals surface area contributed by atoms with Crippen LogP contribution in [0.5, 0.6) is 0 Å². The number of nitrogens with one attached hydrogen (secondary N) is 1. The molecular formula is C21H24N6O. The molecule has 0 aliphatic carbocycles. The van der Waals surface area contributed by atoms with Crippen molar-refractivity contribution in [3.63, 3.8) is 0 Å². The Kier molecular flexibility index (Phi) is 5.08. The normalized spacial score (nSPS) is 11.5. The van der Waals surface area contributed by atoms with E-state index in [0.29, 0.717) is 0 Å². The summed E-state index contributed by atoms with van der Waals surface area (Å²) in [6, 6.07) is 16.1. The number of amides is 1. The van der Waals surface area contributed by atoms with Crippen molar-refractivity contribution in [2.24, 2.45) is 5.73 Å². The van der Waals surface area contributed by atoms with Crippen LogP contribution in [0.15, 0.2) is 48.5 Å². The summed E-state index contributed by atoms with van der Waals surface area (Å²) in [5, 5.41) is 13.1. The summed E-state index contributed by atoms with van der Waals surface area (Å²) in [5.74, 6) is -0.330. The highest BCUT2D eigenvalue weighted by atomic mass is 16.1. The molecule has 0 bridgehead atoms. The Hall–Kier alpha value is -3.19. The fraction of sp³-hybridized carbons (Fsp3) is 0.286. The van der Waals surface area contributed by atoms with Crippen molar-refractivity contribution in [3.8, 4) is 0 Å². The second-order valence-corrected chi connectivity index (χ2v) is 6.97. The zero-order chi connectivity index (χ0) is 19.5. The van der Waals surface area contributed by atoms with Gasteiger partial charge in [0.1, 0.15) is 12.1 Å². The first-order chi connectivity index (χ1) is 13.6. The van der Waals surface area contributed by atoms with E-state index in [-0.39, 0.29) is 12.5 Å². The molecule has 2 heterocycles. The van der Waals surface area contributed by atoms with Crippen LogP contribution in [-0.2, 0) is 24.4 Å². The Morgan fingerprint density at radius 3 is 2.68 bits per heavy atom. The number of hydrogen-bond acceptors (Lipinski definition) is 4. The van der Waals surface area contributed by atoms with E-state index < -0.39 is 0 Å². The molecule has 4 aromatic rings. The summed E-state index contributed by atoms with van der Waals surface area (Å²) in [4.78, 5) is 11.5. The maximum absolute atomic E-state index is 11.5. The molecule has 3 N–H and O–H groups in total. The fourth-order valence-electron chi connectivity index (χ4n) is 3.74. The summed E-state index contributed by atoms with van der Waals surface area (Å²) in [6.07, 6.45) is 0.951. The first-order valence-electron chi connectivity index (χ1n) is 9.49. The minimum absolute atomic E-state index is 0.200.